The summed E-state index contributed by atoms with van der Waals surface area (Å²) < 4.78 is 5.39. The smallest absolute Gasteiger partial charge is 0.125 e. The number of methoxy groups -OCH3 is 1. The van der Waals surface area contributed by atoms with Crippen molar-refractivity contribution in [2.75, 3.05) is 7.11 Å². The Labute approximate surface area is 97.3 Å². The minimum absolute atomic E-state index is 0.442. The van der Waals surface area contributed by atoms with Crippen LogP contribution in [-0.4, -0.2) is 12.2 Å². The second kappa shape index (κ2) is 4.46. The standard InChI is InChI=1S/C14H20O2/c1-9-8-13(16-3)14(10(2)15)12-7-5-4-6-11(9)12/h8,10,15H,4-7H2,1-3H3. The third kappa shape index (κ3) is 1.82. The predicted molar refractivity (Wildman–Crippen MR) is 65.0 cm³/mol. The molecule has 0 aromatic heterocycles. The number of fused-ring (bicyclic) bond motifs is 1. The average Bonchev–Trinajstić information content (AvgIpc) is 2.28. The number of ether oxygens (including phenoxy) is 1. The van der Waals surface area contributed by atoms with Gasteiger partial charge in [-0.1, -0.05) is 0 Å². The van der Waals surface area contributed by atoms with Crippen LogP contribution in [-0.2, 0) is 12.8 Å². The minimum atomic E-state index is -0.442. The van der Waals surface area contributed by atoms with Crippen molar-refractivity contribution in [3.05, 3.63) is 28.3 Å². The highest BCUT2D eigenvalue weighted by molar-refractivity contribution is 5.51. The van der Waals surface area contributed by atoms with E-state index in [0.29, 0.717) is 0 Å². The van der Waals surface area contributed by atoms with Crippen LogP contribution in [0.3, 0.4) is 0 Å². The molecule has 16 heavy (non-hydrogen) atoms. The fraction of sp³-hybridized carbons (Fsp3) is 0.571. The summed E-state index contributed by atoms with van der Waals surface area (Å²) in [4.78, 5) is 0. The van der Waals surface area contributed by atoms with Crippen molar-refractivity contribution >= 4 is 0 Å². The molecule has 0 radical (unpaired) electrons. The SMILES string of the molecule is COc1cc(C)c2c(c1C(C)O)CCCC2. The van der Waals surface area contributed by atoms with E-state index in [1.807, 2.05) is 6.92 Å². The second-order valence-corrected chi connectivity index (χ2v) is 4.65. The molecule has 0 spiro atoms. The maximum atomic E-state index is 9.90. The van der Waals surface area contributed by atoms with Gasteiger partial charge in [-0.15, -0.1) is 0 Å². The van der Waals surface area contributed by atoms with Crippen LogP contribution in [0.15, 0.2) is 6.07 Å². The lowest BCUT2D eigenvalue weighted by molar-refractivity contribution is 0.192. The largest absolute Gasteiger partial charge is 0.496 e. The van der Waals surface area contributed by atoms with Gasteiger partial charge in [0.05, 0.1) is 13.2 Å². The number of hydrogen-bond acceptors (Lipinski definition) is 2. The van der Waals surface area contributed by atoms with E-state index >= 15 is 0 Å². The van der Waals surface area contributed by atoms with Crippen LogP contribution in [0.5, 0.6) is 5.75 Å². The van der Waals surface area contributed by atoms with Gasteiger partial charge >= 0.3 is 0 Å². The first-order valence-electron chi connectivity index (χ1n) is 6.02. The van der Waals surface area contributed by atoms with E-state index in [2.05, 4.69) is 13.0 Å². The number of aryl methyl sites for hydroxylation is 1. The third-order valence-electron chi connectivity index (χ3n) is 3.52. The first-order chi connectivity index (χ1) is 7.65. The summed E-state index contributed by atoms with van der Waals surface area (Å²) in [7, 11) is 1.68. The van der Waals surface area contributed by atoms with Crippen molar-refractivity contribution in [1.82, 2.24) is 0 Å². The zero-order valence-corrected chi connectivity index (χ0v) is 10.3. The van der Waals surface area contributed by atoms with Gasteiger partial charge in [0.2, 0.25) is 0 Å². The number of hydrogen-bond donors (Lipinski definition) is 1. The highest BCUT2D eigenvalue weighted by Crippen LogP contribution is 2.37. The molecule has 0 bridgehead atoms. The molecule has 1 unspecified atom stereocenters. The summed E-state index contributed by atoms with van der Waals surface area (Å²) in [6, 6.07) is 2.06. The first-order valence-corrected chi connectivity index (χ1v) is 6.02. The molecule has 1 aliphatic rings. The lowest BCUT2D eigenvalue weighted by Gasteiger charge is -2.25. The normalized spacial score (nSPS) is 16.8. The molecular weight excluding hydrogens is 200 g/mol. The van der Waals surface area contributed by atoms with Crippen LogP contribution in [0.4, 0.5) is 0 Å². The highest BCUT2D eigenvalue weighted by Gasteiger charge is 2.21. The van der Waals surface area contributed by atoms with Crippen molar-refractivity contribution in [3.8, 4) is 5.75 Å². The van der Waals surface area contributed by atoms with Crippen molar-refractivity contribution in [2.24, 2.45) is 0 Å². The third-order valence-corrected chi connectivity index (χ3v) is 3.52. The predicted octanol–water partition coefficient (Wildman–Crippen LogP) is 2.94. The van der Waals surface area contributed by atoms with Gasteiger partial charge in [-0.2, -0.15) is 0 Å². The molecule has 0 amide bonds. The van der Waals surface area contributed by atoms with Crippen molar-refractivity contribution in [3.63, 3.8) is 0 Å². The van der Waals surface area contributed by atoms with Gasteiger partial charge in [0.1, 0.15) is 5.75 Å². The molecule has 0 fully saturated rings. The zero-order valence-electron chi connectivity index (χ0n) is 10.3. The quantitative estimate of drug-likeness (QED) is 0.830. The summed E-state index contributed by atoms with van der Waals surface area (Å²) in [6.07, 6.45) is 4.26. The topological polar surface area (TPSA) is 29.5 Å². The zero-order chi connectivity index (χ0) is 11.7. The second-order valence-electron chi connectivity index (χ2n) is 4.65. The molecule has 0 saturated heterocycles. The molecule has 2 rings (SSSR count). The number of aliphatic hydroxyl groups is 1. The molecule has 1 aromatic rings. The van der Waals surface area contributed by atoms with Crippen LogP contribution >= 0.6 is 0 Å². The van der Waals surface area contributed by atoms with Crippen LogP contribution in [0.25, 0.3) is 0 Å². The maximum absolute atomic E-state index is 9.90. The number of aliphatic hydroxyl groups excluding tert-OH is 1. The molecule has 1 atom stereocenters. The van der Waals surface area contributed by atoms with E-state index in [1.165, 1.54) is 29.5 Å². The maximum Gasteiger partial charge on any atom is 0.125 e. The molecule has 0 heterocycles. The van der Waals surface area contributed by atoms with Crippen LogP contribution in [0.1, 0.15) is 48.1 Å². The van der Waals surface area contributed by atoms with Crippen molar-refractivity contribution < 1.29 is 9.84 Å². The van der Waals surface area contributed by atoms with Crippen molar-refractivity contribution in [2.45, 2.75) is 45.6 Å². The minimum Gasteiger partial charge on any atom is -0.496 e. The summed E-state index contributed by atoms with van der Waals surface area (Å²) in [6.45, 7) is 3.96. The summed E-state index contributed by atoms with van der Waals surface area (Å²) in [5.74, 6) is 0.841. The molecule has 1 aliphatic carbocycles. The summed E-state index contributed by atoms with van der Waals surface area (Å²) in [5, 5.41) is 9.90. The Morgan fingerprint density at radius 1 is 1.25 bits per heavy atom. The van der Waals surface area contributed by atoms with Gasteiger partial charge in [0.25, 0.3) is 0 Å². The summed E-state index contributed by atoms with van der Waals surface area (Å²) in [5.41, 5.74) is 5.07. The number of rotatable bonds is 2. The van der Waals surface area contributed by atoms with Gasteiger partial charge in [-0.25, -0.2) is 0 Å². The molecule has 2 nitrogen and oxygen atoms in total. The monoisotopic (exact) mass is 220 g/mol. The van der Waals surface area contributed by atoms with E-state index < -0.39 is 6.10 Å². The van der Waals surface area contributed by atoms with Crippen LogP contribution < -0.4 is 4.74 Å². The molecule has 2 heteroatoms. The molecule has 0 saturated carbocycles. The van der Waals surface area contributed by atoms with E-state index in [-0.39, 0.29) is 0 Å². The Kier molecular flexibility index (Phi) is 3.20. The Hall–Kier alpha value is -1.02. The van der Waals surface area contributed by atoms with Crippen LogP contribution in [0, 0.1) is 6.92 Å². The lowest BCUT2D eigenvalue weighted by Crippen LogP contribution is -2.11. The Morgan fingerprint density at radius 2 is 1.88 bits per heavy atom. The van der Waals surface area contributed by atoms with Gasteiger partial charge in [-0.05, 0) is 62.3 Å². The van der Waals surface area contributed by atoms with Crippen molar-refractivity contribution in [1.29, 1.82) is 0 Å². The number of benzene rings is 1. The molecule has 1 aromatic carbocycles. The van der Waals surface area contributed by atoms with E-state index in [4.69, 9.17) is 4.74 Å². The molecule has 1 N–H and O–H groups in total. The lowest BCUT2D eigenvalue weighted by atomic mass is 9.83. The molecule has 88 valence electrons. The van der Waals surface area contributed by atoms with Gasteiger partial charge in [-0.3, -0.25) is 0 Å². The molecule has 0 aliphatic heterocycles. The molecular formula is C14H20O2. The average molecular weight is 220 g/mol. The van der Waals surface area contributed by atoms with Gasteiger partial charge in [0.15, 0.2) is 0 Å². The highest BCUT2D eigenvalue weighted by atomic mass is 16.5. The Bertz CT molecular complexity index is 394. The van der Waals surface area contributed by atoms with E-state index in [0.717, 1.165) is 24.2 Å². The first kappa shape index (κ1) is 11.5. The van der Waals surface area contributed by atoms with Gasteiger partial charge < -0.3 is 9.84 Å². The van der Waals surface area contributed by atoms with Crippen LogP contribution in [0.2, 0.25) is 0 Å². The Morgan fingerprint density at radius 3 is 2.44 bits per heavy atom. The fourth-order valence-corrected chi connectivity index (χ4v) is 2.77. The van der Waals surface area contributed by atoms with E-state index in [9.17, 15) is 5.11 Å². The fourth-order valence-electron chi connectivity index (χ4n) is 2.77. The summed E-state index contributed by atoms with van der Waals surface area (Å²) >= 11 is 0. The Balaban J connectivity index is 2.63. The van der Waals surface area contributed by atoms with E-state index in [1.54, 1.807) is 7.11 Å². The van der Waals surface area contributed by atoms with Gasteiger partial charge in [0, 0.05) is 5.56 Å².